The predicted octanol–water partition coefficient (Wildman–Crippen LogP) is 2.54. The van der Waals surface area contributed by atoms with Gasteiger partial charge in [-0.25, -0.2) is 4.39 Å². The molecule has 0 atom stereocenters. The molecule has 1 fully saturated rings. The number of aliphatic hydroxyl groups excluding tert-OH is 1. The Morgan fingerprint density at radius 2 is 1.93 bits per heavy atom. The molecule has 0 heterocycles. The van der Waals surface area contributed by atoms with Crippen LogP contribution in [-0.2, 0) is 0 Å². The van der Waals surface area contributed by atoms with Crippen LogP contribution in [0.4, 0.5) is 10.1 Å². The third-order valence-electron chi connectivity index (χ3n) is 3.14. The Kier molecular flexibility index (Phi) is 2.91. The lowest BCUT2D eigenvalue weighted by atomic mass is 9.98. The van der Waals surface area contributed by atoms with E-state index in [0.717, 1.165) is 25.7 Å². The first kappa shape index (κ1) is 10.4. The highest BCUT2D eigenvalue weighted by Crippen LogP contribution is 2.33. The number of rotatable bonds is 3. The van der Waals surface area contributed by atoms with Gasteiger partial charge >= 0.3 is 0 Å². The lowest BCUT2D eigenvalue weighted by Crippen LogP contribution is -2.39. The number of benzene rings is 1. The van der Waals surface area contributed by atoms with E-state index in [9.17, 15) is 9.50 Å². The molecule has 1 aliphatic carbocycles. The van der Waals surface area contributed by atoms with E-state index in [4.69, 9.17) is 0 Å². The lowest BCUT2D eigenvalue weighted by molar-refractivity contribution is 0.214. The molecule has 1 saturated carbocycles. The predicted molar refractivity (Wildman–Crippen MR) is 58.3 cm³/mol. The smallest absolute Gasteiger partial charge is 0.146 e. The zero-order valence-electron chi connectivity index (χ0n) is 8.67. The first-order valence-electron chi connectivity index (χ1n) is 5.39. The summed E-state index contributed by atoms with van der Waals surface area (Å²) in [5, 5.41) is 12.5. The number of hydrogen-bond donors (Lipinski definition) is 2. The number of hydrogen-bond acceptors (Lipinski definition) is 2. The topological polar surface area (TPSA) is 32.3 Å². The number of aliphatic hydroxyl groups is 1. The number of para-hydroxylation sites is 1. The Morgan fingerprint density at radius 3 is 2.53 bits per heavy atom. The Morgan fingerprint density at radius 1 is 1.27 bits per heavy atom. The van der Waals surface area contributed by atoms with Crippen LogP contribution in [0.5, 0.6) is 0 Å². The van der Waals surface area contributed by atoms with Gasteiger partial charge in [0.1, 0.15) is 5.82 Å². The summed E-state index contributed by atoms with van der Waals surface area (Å²) in [6.07, 6.45) is 4.03. The minimum atomic E-state index is -0.303. The Balaban J connectivity index is 2.16. The third kappa shape index (κ3) is 2.12. The summed E-state index contributed by atoms with van der Waals surface area (Å²) in [5.74, 6) is -0.253. The minimum Gasteiger partial charge on any atom is -0.394 e. The molecule has 0 unspecified atom stereocenters. The fraction of sp³-hybridized carbons (Fsp3) is 0.500. The van der Waals surface area contributed by atoms with Crippen LogP contribution in [0.25, 0.3) is 0 Å². The summed E-state index contributed by atoms with van der Waals surface area (Å²) in [6.45, 7) is 0.0708. The van der Waals surface area contributed by atoms with Gasteiger partial charge in [0.05, 0.1) is 17.8 Å². The second kappa shape index (κ2) is 4.19. The largest absolute Gasteiger partial charge is 0.394 e. The van der Waals surface area contributed by atoms with E-state index in [0.29, 0.717) is 5.69 Å². The standard InChI is InChI=1S/C12H16FNO/c13-10-5-1-2-6-11(10)14-12(9-15)7-3-4-8-12/h1-2,5-6,14-15H,3-4,7-9H2. The molecular formula is C12H16FNO. The molecule has 0 aromatic heterocycles. The minimum absolute atomic E-state index is 0.0708. The van der Waals surface area contributed by atoms with Crippen LogP contribution >= 0.6 is 0 Å². The van der Waals surface area contributed by atoms with Gasteiger partial charge < -0.3 is 10.4 Å². The van der Waals surface area contributed by atoms with E-state index in [-0.39, 0.29) is 18.0 Å². The molecule has 0 amide bonds. The van der Waals surface area contributed by atoms with Crippen LogP contribution in [0.3, 0.4) is 0 Å². The Labute approximate surface area is 89.1 Å². The molecule has 0 aliphatic heterocycles. The molecule has 2 rings (SSSR count). The molecule has 1 aromatic rings. The van der Waals surface area contributed by atoms with Gasteiger partial charge in [0.25, 0.3) is 0 Å². The Hall–Kier alpha value is -1.09. The van der Waals surface area contributed by atoms with Gasteiger partial charge in [-0.2, -0.15) is 0 Å². The van der Waals surface area contributed by atoms with E-state index < -0.39 is 0 Å². The Bertz CT molecular complexity index is 334. The van der Waals surface area contributed by atoms with Crippen molar-refractivity contribution >= 4 is 5.69 Å². The quantitative estimate of drug-likeness (QED) is 0.801. The first-order chi connectivity index (χ1) is 7.26. The van der Waals surface area contributed by atoms with Gasteiger partial charge in [0.2, 0.25) is 0 Å². The van der Waals surface area contributed by atoms with Gasteiger partial charge in [-0.15, -0.1) is 0 Å². The van der Waals surface area contributed by atoms with Gasteiger partial charge in [0, 0.05) is 0 Å². The molecule has 2 nitrogen and oxygen atoms in total. The van der Waals surface area contributed by atoms with Gasteiger partial charge in [0.15, 0.2) is 0 Å². The van der Waals surface area contributed by atoms with Crippen molar-refractivity contribution in [1.29, 1.82) is 0 Å². The molecule has 0 bridgehead atoms. The maximum atomic E-state index is 13.4. The van der Waals surface area contributed by atoms with Crippen LogP contribution < -0.4 is 5.32 Å². The van der Waals surface area contributed by atoms with Crippen LogP contribution in [0.15, 0.2) is 24.3 Å². The molecule has 3 heteroatoms. The van der Waals surface area contributed by atoms with Crippen molar-refractivity contribution in [3.8, 4) is 0 Å². The van der Waals surface area contributed by atoms with Crippen LogP contribution in [0, 0.1) is 5.82 Å². The van der Waals surface area contributed by atoms with Crippen LogP contribution in [0.1, 0.15) is 25.7 Å². The van der Waals surface area contributed by atoms with Crippen molar-refractivity contribution in [2.75, 3.05) is 11.9 Å². The third-order valence-corrected chi connectivity index (χ3v) is 3.14. The van der Waals surface area contributed by atoms with Gasteiger partial charge in [-0.05, 0) is 25.0 Å². The molecule has 0 radical (unpaired) electrons. The molecule has 0 spiro atoms. The molecule has 82 valence electrons. The monoisotopic (exact) mass is 209 g/mol. The lowest BCUT2D eigenvalue weighted by Gasteiger charge is -2.29. The fourth-order valence-corrected chi connectivity index (χ4v) is 2.22. The zero-order chi connectivity index (χ0) is 10.7. The summed E-state index contributed by atoms with van der Waals surface area (Å²) in [6, 6.07) is 6.61. The van der Waals surface area contributed by atoms with E-state index in [1.807, 2.05) is 0 Å². The first-order valence-corrected chi connectivity index (χ1v) is 5.39. The number of nitrogens with one attached hydrogen (secondary N) is 1. The van der Waals surface area contributed by atoms with Crippen molar-refractivity contribution in [2.45, 2.75) is 31.2 Å². The van der Waals surface area contributed by atoms with E-state index in [2.05, 4.69) is 5.32 Å². The van der Waals surface area contributed by atoms with E-state index >= 15 is 0 Å². The summed E-state index contributed by atoms with van der Waals surface area (Å²) in [7, 11) is 0. The van der Waals surface area contributed by atoms with Crippen molar-refractivity contribution in [2.24, 2.45) is 0 Å². The second-order valence-electron chi connectivity index (χ2n) is 4.25. The fourth-order valence-electron chi connectivity index (χ4n) is 2.22. The zero-order valence-corrected chi connectivity index (χ0v) is 8.67. The van der Waals surface area contributed by atoms with Gasteiger partial charge in [-0.3, -0.25) is 0 Å². The van der Waals surface area contributed by atoms with Crippen molar-refractivity contribution in [3.05, 3.63) is 30.1 Å². The second-order valence-corrected chi connectivity index (χ2v) is 4.25. The van der Waals surface area contributed by atoms with Gasteiger partial charge in [-0.1, -0.05) is 25.0 Å². The van der Waals surface area contributed by atoms with Crippen molar-refractivity contribution in [1.82, 2.24) is 0 Å². The molecule has 1 aliphatic rings. The summed E-state index contributed by atoms with van der Waals surface area (Å²) in [4.78, 5) is 0. The maximum absolute atomic E-state index is 13.4. The maximum Gasteiger partial charge on any atom is 0.146 e. The van der Waals surface area contributed by atoms with Crippen molar-refractivity contribution < 1.29 is 9.50 Å². The molecule has 1 aromatic carbocycles. The summed E-state index contributed by atoms with van der Waals surface area (Å²) in [5.41, 5.74) is 0.191. The SMILES string of the molecule is OCC1(Nc2ccccc2F)CCCC1. The van der Waals surface area contributed by atoms with Crippen molar-refractivity contribution in [3.63, 3.8) is 0 Å². The summed E-state index contributed by atoms with van der Waals surface area (Å²) < 4.78 is 13.4. The summed E-state index contributed by atoms with van der Waals surface area (Å²) >= 11 is 0. The average Bonchev–Trinajstić information content (AvgIpc) is 2.71. The highest BCUT2D eigenvalue weighted by Gasteiger charge is 2.33. The number of halogens is 1. The number of anilines is 1. The normalized spacial score (nSPS) is 19.1. The van der Waals surface area contributed by atoms with Crippen LogP contribution in [0.2, 0.25) is 0 Å². The average molecular weight is 209 g/mol. The highest BCUT2D eigenvalue weighted by atomic mass is 19.1. The molecular weight excluding hydrogens is 193 g/mol. The highest BCUT2D eigenvalue weighted by molar-refractivity contribution is 5.47. The molecule has 2 N–H and O–H groups in total. The van der Waals surface area contributed by atoms with Crippen LogP contribution in [-0.4, -0.2) is 17.3 Å². The molecule has 15 heavy (non-hydrogen) atoms. The van der Waals surface area contributed by atoms with E-state index in [1.165, 1.54) is 6.07 Å². The molecule has 0 saturated heterocycles. The van der Waals surface area contributed by atoms with E-state index in [1.54, 1.807) is 18.2 Å².